The Balaban J connectivity index is 2.00. The predicted octanol–water partition coefficient (Wildman–Crippen LogP) is 3.00. The van der Waals surface area contributed by atoms with Crippen LogP contribution in [0.15, 0.2) is 0 Å². The minimum absolute atomic E-state index is 0.0261. The first-order chi connectivity index (χ1) is 8.91. The molecule has 19 heavy (non-hydrogen) atoms. The Morgan fingerprint density at radius 1 is 1.21 bits per heavy atom. The molecule has 0 amide bonds. The molecule has 4 rings (SSSR count). The van der Waals surface area contributed by atoms with Crippen molar-refractivity contribution in [2.75, 3.05) is 13.6 Å². The molecule has 3 heteroatoms. The van der Waals surface area contributed by atoms with E-state index in [1.807, 2.05) is 14.0 Å². The molecule has 108 valence electrons. The Hall–Kier alpha value is -0.570. The van der Waals surface area contributed by atoms with Gasteiger partial charge in [0.1, 0.15) is 5.54 Å². The van der Waals surface area contributed by atoms with Crippen molar-refractivity contribution in [2.45, 2.75) is 57.9 Å². The zero-order chi connectivity index (χ0) is 13.8. The van der Waals surface area contributed by atoms with Crippen molar-refractivity contribution in [3.05, 3.63) is 0 Å². The van der Waals surface area contributed by atoms with Crippen LogP contribution in [0.3, 0.4) is 0 Å². The lowest BCUT2D eigenvalue weighted by atomic mass is 9.44. The molecule has 0 aromatic rings. The highest BCUT2D eigenvalue weighted by Gasteiger charge is 2.62. The van der Waals surface area contributed by atoms with Gasteiger partial charge in [-0.05, 0) is 76.8 Å². The summed E-state index contributed by atoms with van der Waals surface area (Å²) in [5.41, 5.74) is -0.657. The molecule has 0 aromatic heterocycles. The molecule has 1 atom stereocenters. The molecule has 4 fully saturated rings. The van der Waals surface area contributed by atoms with Crippen LogP contribution < -0.4 is 0 Å². The third-order valence-corrected chi connectivity index (χ3v) is 6.73. The zero-order valence-corrected chi connectivity index (χ0v) is 12.5. The van der Waals surface area contributed by atoms with Gasteiger partial charge in [0.25, 0.3) is 0 Å². The summed E-state index contributed by atoms with van der Waals surface area (Å²) in [6.45, 7) is 4.87. The van der Waals surface area contributed by atoms with Crippen LogP contribution in [-0.4, -0.2) is 35.1 Å². The van der Waals surface area contributed by atoms with Crippen molar-refractivity contribution >= 4 is 5.97 Å². The van der Waals surface area contributed by atoms with Crippen LogP contribution >= 0.6 is 0 Å². The number of hydrogen-bond donors (Lipinski definition) is 1. The van der Waals surface area contributed by atoms with E-state index in [0.29, 0.717) is 0 Å². The second-order valence-corrected chi connectivity index (χ2v) is 7.59. The minimum atomic E-state index is -0.683. The molecule has 0 heterocycles. The first-order valence-electron chi connectivity index (χ1n) is 7.86. The van der Waals surface area contributed by atoms with E-state index in [1.54, 1.807) is 0 Å². The average molecular weight is 265 g/mol. The summed E-state index contributed by atoms with van der Waals surface area (Å²) in [7, 11) is 1.99. The van der Waals surface area contributed by atoms with E-state index in [-0.39, 0.29) is 5.41 Å². The van der Waals surface area contributed by atoms with E-state index in [4.69, 9.17) is 0 Å². The van der Waals surface area contributed by atoms with Crippen LogP contribution in [0, 0.1) is 23.2 Å². The maximum absolute atomic E-state index is 12.1. The number of carboxylic acids is 1. The van der Waals surface area contributed by atoms with Gasteiger partial charge in [-0.1, -0.05) is 6.92 Å². The van der Waals surface area contributed by atoms with Crippen LogP contribution in [0.25, 0.3) is 0 Å². The molecule has 0 aromatic carbocycles. The molecule has 1 N–H and O–H groups in total. The Morgan fingerprint density at radius 2 is 1.63 bits per heavy atom. The fraction of sp³-hybridized carbons (Fsp3) is 0.938. The van der Waals surface area contributed by atoms with Crippen molar-refractivity contribution in [3.8, 4) is 0 Å². The van der Waals surface area contributed by atoms with Crippen molar-refractivity contribution in [2.24, 2.45) is 23.2 Å². The van der Waals surface area contributed by atoms with Crippen molar-refractivity contribution < 1.29 is 9.90 Å². The molecule has 0 radical (unpaired) electrons. The SMILES string of the molecule is CCN(C)C(C)(C(=O)O)C12CC3CC(CC(C3)C1)C2. The Morgan fingerprint density at radius 3 is 1.95 bits per heavy atom. The van der Waals surface area contributed by atoms with Crippen LogP contribution in [0.1, 0.15) is 52.4 Å². The first-order valence-corrected chi connectivity index (χ1v) is 7.86. The highest BCUT2D eigenvalue weighted by Crippen LogP contribution is 2.64. The van der Waals surface area contributed by atoms with E-state index < -0.39 is 11.5 Å². The minimum Gasteiger partial charge on any atom is -0.480 e. The van der Waals surface area contributed by atoms with Crippen molar-refractivity contribution in [1.82, 2.24) is 4.90 Å². The Bertz CT molecular complexity index is 357. The molecule has 4 aliphatic rings. The van der Waals surface area contributed by atoms with Gasteiger partial charge in [-0.2, -0.15) is 0 Å². The Kier molecular flexibility index (Phi) is 2.97. The topological polar surface area (TPSA) is 40.5 Å². The molecule has 0 aliphatic heterocycles. The number of carboxylic acid groups (broad SMARTS) is 1. The van der Waals surface area contributed by atoms with Crippen LogP contribution in [-0.2, 0) is 4.79 Å². The summed E-state index contributed by atoms with van der Waals surface area (Å²) < 4.78 is 0. The van der Waals surface area contributed by atoms with Gasteiger partial charge < -0.3 is 5.11 Å². The summed E-state index contributed by atoms with van der Waals surface area (Å²) in [4.78, 5) is 14.2. The molecule has 3 nitrogen and oxygen atoms in total. The van der Waals surface area contributed by atoms with Gasteiger partial charge in [-0.3, -0.25) is 9.69 Å². The summed E-state index contributed by atoms with van der Waals surface area (Å²) >= 11 is 0. The van der Waals surface area contributed by atoms with E-state index >= 15 is 0 Å². The van der Waals surface area contributed by atoms with Gasteiger partial charge in [-0.25, -0.2) is 0 Å². The summed E-state index contributed by atoms with van der Waals surface area (Å²) in [5.74, 6) is 1.79. The van der Waals surface area contributed by atoms with Gasteiger partial charge in [0, 0.05) is 5.41 Å². The lowest BCUT2D eigenvalue weighted by Crippen LogP contribution is -2.66. The standard InChI is InChI=1S/C16H27NO2/c1-4-17(3)15(2,14(18)19)16-8-11-5-12(9-16)7-13(6-11)10-16/h11-13H,4-10H2,1-3H3,(H,18,19). The highest BCUT2D eigenvalue weighted by atomic mass is 16.4. The van der Waals surface area contributed by atoms with E-state index in [1.165, 1.54) is 19.3 Å². The van der Waals surface area contributed by atoms with Crippen LogP contribution in [0.5, 0.6) is 0 Å². The van der Waals surface area contributed by atoms with Crippen molar-refractivity contribution in [3.63, 3.8) is 0 Å². The second-order valence-electron chi connectivity index (χ2n) is 7.59. The van der Waals surface area contributed by atoms with Crippen molar-refractivity contribution in [1.29, 1.82) is 0 Å². The lowest BCUT2D eigenvalue weighted by Gasteiger charge is -2.63. The second kappa shape index (κ2) is 4.21. The number of hydrogen-bond acceptors (Lipinski definition) is 2. The third kappa shape index (κ3) is 1.70. The fourth-order valence-corrected chi connectivity index (χ4v) is 5.82. The quantitative estimate of drug-likeness (QED) is 0.849. The lowest BCUT2D eigenvalue weighted by molar-refractivity contribution is -0.180. The zero-order valence-electron chi connectivity index (χ0n) is 12.5. The smallest absolute Gasteiger partial charge is 0.324 e. The number of carbonyl (C=O) groups is 1. The van der Waals surface area contributed by atoms with Crippen LogP contribution in [0.2, 0.25) is 0 Å². The van der Waals surface area contributed by atoms with E-state index in [2.05, 4.69) is 11.8 Å². The average Bonchev–Trinajstić information content (AvgIpc) is 2.34. The number of rotatable bonds is 4. The maximum atomic E-state index is 12.1. The van der Waals surface area contributed by atoms with Gasteiger partial charge in [0.05, 0.1) is 0 Å². The maximum Gasteiger partial charge on any atom is 0.324 e. The largest absolute Gasteiger partial charge is 0.480 e. The summed E-state index contributed by atoms with van der Waals surface area (Å²) in [6, 6.07) is 0. The predicted molar refractivity (Wildman–Crippen MR) is 74.9 cm³/mol. The first kappa shape index (κ1) is 13.4. The van der Waals surface area contributed by atoms with E-state index in [0.717, 1.165) is 43.6 Å². The third-order valence-electron chi connectivity index (χ3n) is 6.73. The van der Waals surface area contributed by atoms with Crippen LogP contribution in [0.4, 0.5) is 0 Å². The molecule has 1 unspecified atom stereocenters. The number of likely N-dealkylation sites (N-methyl/N-ethyl adjacent to an activating group) is 1. The number of nitrogens with zero attached hydrogens (tertiary/aromatic N) is 1. The number of aliphatic carboxylic acids is 1. The van der Waals surface area contributed by atoms with E-state index in [9.17, 15) is 9.90 Å². The molecular weight excluding hydrogens is 238 g/mol. The molecular formula is C16H27NO2. The van der Waals surface area contributed by atoms with Gasteiger partial charge >= 0.3 is 5.97 Å². The van der Waals surface area contributed by atoms with Gasteiger partial charge in [-0.15, -0.1) is 0 Å². The summed E-state index contributed by atoms with van der Waals surface area (Å²) in [5, 5.41) is 9.95. The molecule has 4 saturated carbocycles. The summed E-state index contributed by atoms with van der Waals surface area (Å²) in [6.07, 6.45) is 7.53. The van der Waals surface area contributed by atoms with Gasteiger partial charge in [0.2, 0.25) is 0 Å². The fourth-order valence-electron chi connectivity index (χ4n) is 5.82. The Labute approximate surface area is 116 Å². The molecule has 0 saturated heterocycles. The monoisotopic (exact) mass is 265 g/mol. The molecule has 0 spiro atoms. The molecule has 4 aliphatic carbocycles. The molecule has 4 bridgehead atoms. The normalized spacial score (nSPS) is 43.5. The van der Waals surface area contributed by atoms with Gasteiger partial charge in [0.15, 0.2) is 0 Å². The highest BCUT2D eigenvalue weighted by molar-refractivity contribution is 5.79.